The van der Waals surface area contributed by atoms with Gasteiger partial charge in [0, 0.05) is 18.8 Å². The Morgan fingerprint density at radius 3 is 2.45 bits per heavy atom. The van der Waals surface area contributed by atoms with Crippen LogP contribution < -0.4 is 10.6 Å². The highest BCUT2D eigenvalue weighted by molar-refractivity contribution is 5.92. The fourth-order valence-electron chi connectivity index (χ4n) is 1.68. The van der Waals surface area contributed by atoms with Crippen molar-refractivity contribution in [1.82, 2.24) is 20.4 Å². The van der Waals surface area contributed by atoms with E-state index < -0.39 is 0 Å². The molecule has 0 aliphatic rings. The molecule has 0 aliphatic heterocycles. The van der Waals surface area contributed by atoms with Crippen molar-refractivity contribution in [1.29, 1.82) is 0 Å². The van der Waals surface area contributed by atoms with E-state index in [0.29, 0.717) is 18.1 Å². The summed E-state index contributed by atoms with van der Waals surface area (Å²) in [7, 11) is 3.86. The number of nitrogens with zero attached hydrogens (tertiary/aromatic N) is 3. The molecule has 1 aromatic heterocycles. The molecule has 0 unspecified atom stereocenters. The number of rotatable bonds is 6. The summed E-state index contributed by atoms with van der Waals surface area (Å²) >= 11 is 0. The van der Waals surface area contributed by atoms with Gasteiger partial charge in [-0.3, -0.25) is 4.79 Å². The van der Waals surface area contributed by atoms with Crippen molar-refractivity contribution in [2.45, 2.75) is 0 Å². The molecule has 0 saturated carbocycles. The first kappa shape index (κ1) is 15.8. The van der Waals surface area contributed by atoms with Gasteiger partial charge in [0.15, 0.2) is 11.5 Å². The summed E-state index contributed by atoms with van der Waals surface area (Å²) in [5.41, 5.74) is 0.947. The number of carbonyl (C=O) groups is 1. The van der Waals surface area contributed by atoms with Crippen molar-refractivity contribution in [3.63, 3.8) is 0 Å². The zero-order chi connectivity index (χ0) is 15.9. The predicted octanol–water partition coefficient (Wildman–Crippen LogP) is 1.65. The van der Waals surface area contributed by atoms with Crippen LogP contribution in [0.2, 0.25) is 0 Å². The number of nitrogens with one attached hydrogen (secondary N) is 2. The lowest BCUT2D eigenvalue weighted by Crippen LogP contribution is -2.31. The van der Waals surface area contributed by atoms with E-state index in [0.717, 1.165) is 6.54 Å². The third-order valence-corrected chi connectivity index (χ3v) is 2.86. The third-order valence-electron chi connectivity index (χ3n) is 2.86. The van der Waals surface area contributed by atoms with Gasteiger partial charge in [0.25, 0.3) is 5.91 Å². The van der Waals surface area contributed by atoms with Gasteiger partial charge < -0.3 is 15.5 Å². The minimum atomic E-state index is -0.304. The number of benzene rings is 1. The maximum Gasteiger partial charge on any atom is 0.271 e. The summed E-state index contributed by atoms with van der Waals surface area (Å²) in [5, 5.41) is 13.5. The summed E-state index contributed by atoms with van der Waals surface area (Å²) in [4.78, 5) is 13.8. The van der Waals surface area contributed by atoms with Gasteiger partial charge in [0.05, 0.1) is 0 Å². The van der Waals surface area contributed by atoms with Gasteiger partial charge in [-0.25, -0.2) is 4.39 Å². The highest BCUT2D eigenvalue weighted by Crippen LogP contribution is 2.14. The first-order valence-corrected chi connectivity index (χ1v) is 6.84. The van der Waals surface area contributed by atoms with Crippen LogP contribution >= 0.6 is 0 Å². The van der Waals surface area contributed by atoms with Crippen LogP contribution in [0, 0.1) is 5.82 Å². The van der Waals surface area contributed by atoms with Crippen LogP contribution in [0.1, 0.15) is 10.5 Å². The van der Waals surface area contributed by atoms with Crippen molar-refractivity contribution in [3.05, 3.63) is 47.9 Å². The highest BCUT2D eigenvalue weighted by atomic mass is 19.1. The van der Waals surface area contributed by atoms with Gasteiger partial charge in [-0.2, -0.15) is 0 Å². The zero-order valence-corrected chi connectivity index (χ0v) is 12.5. The molecule has 6 nitrogen and oxygen atoms in total. The average molecular weight is 303 g/mol. The minimum absolute atomic E-state index is 0.253. The molecular formula is C15H18FN5O. The number of hydrogen-bond acceptors (Lipinski definition) is 5. The maximum atomic E-state index is 12.8. The second kappa shape index (κ2) is 7.46. The normalized spacial score (nSPS) is 10.5. The Kier molecular flexibility index (Phi) is 5.37. The molecule has 2 rings (SSSR count). The molecule has 116 valence electrons. The molecule has 2 N–H and O–H groups in total. The van der Waals surface area contributed by atoms with Crippen molar-refractivity contribution in [2.75, 3.05) is 32.5 Å². The van der Waals surface area contributed by atoms with Crippen LogP contribution in [0.4, 0.5) is 15.9 Å². The summed E-state index contributed by atoms with van der Waals surface area (Å²) in [5.74, 6) is -0.0829. The molecule has 0 radical (unpaired) electrons. The molecule has 0 atom stereocenters. The molecular weight excluding hydrogens is 285 g/mol. The Labute approximate surface area is 128 Å². The standard InChI is InChI=1S/C15H18FN5O/c1-21(2)10-9-17-15(22)13-7-8-14(20-19-13)18-12-5-3-11(16)4-6-12/h3-8H,9-10H2,1-2H3,(H,17,22)(H,18,20). The molecule has 0 saturated heterocycles. The molecule has 0 fully saturated rings. The molecule has 7 heteroatoms. The van der Waals surface area contributed by atoms with Crippen LogP contribution in [-0.2, 0) is 0 Å². The quantitative estimate of drug-likeness (QED) is 0.849. The van der Waals surface area contributed by atoms with E-state index in [1.807, 2.05) is 19.0 Å². The first-order valence-electron chi connectivity index (χ1n) is 6.84. The smallest absolute Gasteiger partial charge is 0.271 e. The maximum absolute atomic E-state index is 12.8. The second-order valence-corrected chi connectivity index (χ2v) is 4.99. The first-order chi connectivity index (χ1) is 10.5. The van der Waals surface area contributed by atoms with Crippen molar-refractivity contribution >= 4 is 17.4 Å². The summed E-state index contributed by atoms with van der Waals surface area (Å²) in [6, 6.07) is 9.13. The number of aromatic nitrogens is 2. The number of anilines is 2. The lowest BCUT2D eigenvalue weighted by atomic mass is 10.3. The fourth-order valence-corrected chi connectivity index (χ4v) is 1.68. The number of halogens is 1. The van der Waals surface area contributed by atoms with Gasteiger partial charge in [-0.15, -0.1) is 10.2 Å². The van der Waals surface area contributed by atoms with Gasteiger partial charge in [0.1, 0.15) is 5.82 Å². The van der Waals surface area contributed by atoms with E-state index in [4.69, 9.17) is 0 Å². The van der Waals surface area contributed by atoms with Crippen molar-refractivity contribution in [3.8, 4) is 0 Å². The second-order valence-electron chi connectivity index (χ2n) is 4.99. The molecule has 0 spiro atoms. The monoisotopic (exact) mass is 303 g/mol. The lowest BCUT2D eigenvalue weighted by Gasteiger charge is -2.10. The molecule has 1 aromatic carbocycles. The van der Waals surface area contributed by atoms with Crippen molar-refractivity contribution in [2.24, 2.45) is 0 Å². The summed E-state index contributed by atoms with van der Waals surface area (Å²) in [6.45, 7) is 1.30. The van der Waals surface area contributed by atoms with E-state index in [2.05, 4.69) is 20.8 Å². The Morgan fingerprint density at radius 2 is 1.86 bits per heavy atom. The number of carbonyl (C=O) groups excluding carboxylic acids is 1. The Morgan fingerprint density at radius 1 is 1.14 bits per heavy atom. The summed E-state index contributed by atoms with van der Waals surface area (Å²) < 4.78 is 12.8. The van der Waals surface area contributed by atoms with Crippen LogP contribution in [0.5, 0.6) is 0 Å². The van der Waals surface area contributed by atoms with E-state index in [1.54, 1.807) is 24.3 Å². The number of amides is 1. The van der Waals surface area contributed by atoms with Gasteiger partial charge in [-0.1, -0.05) is 0 Å². The Balaban J connectivity index is 1.92. The highest BCUT2D eigenvalue weighted by Gasteiger charge is 2.07. The predicted molar refractivity (Wildman–Crippen MR) is 82.6 cm³/mol. The zero-order valence-electron chi connectivity index (χ0n) is 12.5. The number of hydrogen-bond donors (Lipinski definition) is 2. The lowest BCUT2D eigenvalue weighted by molar-refractivity contribution is 0.0945. The van der Waals surface area contributed by atoms with Crippen LogP contribution in [0.25, 0.3) is 0 Å². The molecule has 1 heterocycles. The Hall–Kier alpha value is -2.54. The van der Waals surface area contributed by atoms with Gasteiger partial charge >= 0.3 is 0 Å². The van der Waals surface area contributed by atoms with E-state index in [1.165, 1.54) is 12.1 Å². The van der Waals surface area contributed by atoms with Crippen molar-refractivity contribution < 1.29 is 9.18 Å². The molecule has 2 aromatic rings. The minimum Gasteiger partial charge on any atom is -0.349 e. The molecule has 0 bridgehead atoms. The molecule has 0 aliphatic carbocycles. The largest absolute Gasteiger partial charge is 0.349 e. The molecule has 22 heavy (non-hydrogen) atoms. The van der Waals surface area contributed by atoms with Gasteiger partial charge in [0.2, 0.25) is 0 Å². The summed E-state index contributed by atoms with van der Waals surface area (Å²) in [6.07, 6.45) is 0. The number of likely N-dealkylation sites (N-methyl/N-ethyl adjacent to an activating group) is 1. The van der Waals surface area contributed by atoms with Gasteiger partial charge in [-0.05, 0) is 50.5 Å². The SMILES string of the molecule is CN(C)CCNC(=O)c1ccc(Nc2ccc(F)cc2)nn1. The van der Waals surface area contributed by atoms with E-state index in [9.17, 15) is 9.18 Å². The third kappa shape index (κ3) is 4.78. The van der Waals surface area contributed by atoms with Crippen LogP contribution in [-0.4, -0.2) is 48.2 Å². The topological polar surface area (TPSA) is 70.2 Å². The van der Waals surface area contributed by atoms with Crippen LogP contribution in [0.3, 0.4) is 0 Å². The fraction of sp³-hybridized carbons (Fsp3) is 0.267. The molecule has 1 amide bonds. The Bertz CT molecular complexity index is 613. The van der Waals surface area contributed by atoms with E-state index in [-0.39, 0.29) is 17.4 Å². The average Bonchev–Trinajstić information content (AvgIpc) is 2.50. The van der Waals surface area contributed by atoms with E-state index >= 15 is 0 Å². The van der Waals surface area contributed by atoms with Crippen LogP contribution in [0.15, 0.2) is 36.4 Å².